The fraction of sp³-hybridized carbons (Fsp3) is 0.0769. The number of para-hydroxylation sites is 2. The third-order valence-corrected chi connectivity index (χ3v) is 3.74. The lowest BCUT2D eigenvalue weighted by atomic mass is 10.3. The Labute approximate surface area is 117 Å². The Morgan fingerprint density at radius 3 is 2.83 bits per heavy atom. The summed E-state index contributed by atoms with van der Waals surface area (Å²) in [4.78, 5) is 8.71. The topological polar surface area (TPSA) is 38.9 Å². The van der Waals surface area contributed by atoms with Gasteiger partial charge in [-0.15, -0.1) is 0 Å². The van der Waals surface area contributed by atoms with Crippen molar-refractivity contribution in [3.05, 3.63) is 52.8 Å². The number of oxazole rings is 1. The van der Waals surface area contributed by atoms with Crippen molar-refractivity contribution >= 4 is 38.8 Å². The van der Waals surface area contributed by atoms with Crippen LogP contribution in [-0.2, 0) is 5.75 Å². The molecule has 2 heterocycles. The number of benzene rings is 1. The van der Waals surface area contributed by atoms with Crippen LogP contribution >= 0.6 is 27.7 Å². The first-order valence-electron chi connectivity index (χ1n) is 5.40. The lowest BCUT2D eigenvalue weighted by molar-refractivity contribution is 0.489. The molecule has 3 nitrogen and oxygen atoms in total. The minimum absolute atomic E-state index is 0.681. The van der Waals surface area contributed by atoms with Crippen LogP contribution in [0, 0.1) is 0 Å². The van der Waals surface area contributed by atoms with Gasteiger partial charge >= 0.3 is 0 Å². The molecule has 0 bridgehead atoms. The molecule has 3 aromatic rings. The molecule has 90 valence electrons. The molecule has 3 rings (SSSR count). The van der Waals surface area contributed by atoms with E-state index in [1.807, 2.05) is 36.4 Å². The van der Waals surface area contributed by atoms with Gasteiger partial charge in [0.15, 0.2) is 5.58 Å². The van der Waals surface area contributed by atoms with Gasteiger partial charge in [0.1, 0.15) is 5.52 Å². The molecule has 5 heteroatoms. The number of aromatic nitrogens is 2. The Balaban J connectivity index is 1.74. The molecule has 0 N–H and O–H groups in total. The summed E-state index contributed by atoms with van der Waals surface area (Å²) in [6, 6.07) is 11.7. The number of hydrogen-bond donors (Lipinski definition) is 0. The van der Waals surface area contributed by atoms with E-state index in [9.17, 15) is 0 Å². The van der Waals surface area contributed by atoms with E-state index in [-0.39, 0.29) is 0 Å². The molecule has 0 fully saturated rings. The van der Waals surface area contributed by atoms with Crippen LogP contribution in [0.25, 0.3) is 11.1 Å². The number of halogens is 1. The lowest BCUT2D eigenvalue weighted by Crippen LogP contribution is -1.85. The first kappa shape index (κ1) is 11.7. The molecule has 0 spiro atoms. The van der Waals surface area contributed by atoms with E-state index in [1.54, 1.807) is 18.0 Å². The Morgan fingerprint density at radius 2 is 2.06 bits per heavy atom. The minimum Gasteiger partial charge on any atom is -0.431 e. The highest BCUT2D eigenvalue weighted by Crippen LogP contribution is 2.25. The fourth-order valence-electron chi connectivity index (χ4n) is 1.54. The van der Waals surface area contributed by atoms with Crippen molar-refractivity contribution in [3.63, 3.8) is 0 Å². The summed E-state index contributed by atoms with van der Waals surface area (Å²) in [5.74, 6) is 0.750. The SMILES string of the molecule is Brc1ccc(CSc2nc3ccccc3o2)nc1. The van der Waals surface area contributed by atoms with Crippen LogP contribution in [0.2, 0.25) is 0 Å². The summed E-state index contributed by atoms with van der Waals surface area (Å²) in [5, 5.41) is 0.681. The molecule has 0 radical (unpaired) electrons. The van der Waals surface area contributed by atoms with Crippen LogP contribution in [0.3, 0.4) is 0 Å². The van der Waals surface area contributed by atoms with Crippen molar-refractivity contribution in [2.24, 2.45) is 0 Å². The van der Waals surface area contributed by atoms with Crippen LogP contribution in [0.15, 0.2) is 56.7 Å². The molecule has 0 aliphatic rings. The average Bonchev–Trinajstić information content (AvgIpc) is 2.81. The number of pyridine rings is 1. The van der Waals surface area contributed by atoms with E-state index in [0.29, 0.717) is 5.22 Å². The monoisotopic (exact) mass is 320 g/mol. The summed E-state index contributed by atoms with van der Waals surface area (Å²) < 4.78 is 6.61. The molecule has 0 atom stereocenters. The van der Waals surface area contributed by atoms with E-state index < -0.39 is 0 Å². The summed E-state index contributed by atoms with van der Waals surface area (Å²) in [7, 11) is 0. The van der Waals surface area contributed by atoms with Crippen LogP contribution in [0.1, 0.15) is 5.69 Å². The lowest BCUT2D eigenvalue weighted by Gasteiger charge is -1.97. The predicted octanol–water partition coefficient (Wildman–Crippen LogP) is 4.28. The van der Waals surface area contributed by atoms with Gasteiger partial charge in [-0.05, 0) is 40.2 Å². The second-order valence-electron chi connectivity index (χ2n) is 3.70. The maximum Gasteiger partial charge on any atom is 0.257 e. The molecule has 18 heavy (non-hydrogen) atoms. The zero-order valence-electron chi connectivity index (χ0n) is 9.34. The van der Waals surface area contributed by atoms with Crippen molar-refractivity contribution in [2.75, 3.05) is 0 Å². The second kappa shape index (κ2) is 5.12. The van der Waals surface area contributed by atoms with Crippen molar-refractivity contribution in [1.82, 2.24) is 9.97 Å². The predicted molar refractivity (Wildman–Crippen MR) is 75.5 cm³/mol. The highest BCUT2D eigenvalue weighted by molar-refractivity contribution is 9.10. The molecule has 1 aromatic carbocycles. The zero-order valence-corrected chi connectivity index (χ0v) is 11.7. The van der Waals surface area contributed by atoms with Gasteiger partial charge in [-0.25, -0.2) is 4.98 Å². The van der Waals surface area contributed by atoms with E-state index in [2.05, 4.69) is 25.9 Å². The van der Waals surface area contributed by atoms with Crippen LogP contribution in [0.4, 0.5) is 0 Å². The molecule has 0 saturated carbocycles. The molecule has 0 unspecified atom stereocenters. The van der Waals surface area contributed by atoms with Gasteiger partial charge in [0.25, 0.3) is 5.22 Å². The maximum atomic E-state index is 5.63. The van der Waals surface area contributed by atoms with E-state index >= 15 is 0 Å². The summed E-state index contributed by atoms with van der Waals surface area (Å²) in [5.41, 5.74) is 2.72. The Hall–Kier alpha value is -1.33. The summed E-state index contributed by atoms with van der Waals surface area (Å²) in [6.45, 7) is 0. The van der Waals surface area contributed by atoms with E-state index in [4.69, 9.17) is 4.42 Å². The van der Waals surface area contributed by atoms with E-state index in [1.165, 1.54) is 0 Å². The normalized spacial score (nSPS) is 10.9. The molecular formula is C13H9BrN2OS. The van der Waals surface area contributed by atoms with Crippen molar-refractivity contribution in [2.45, 2.75) is 11.0 Å². The molecular weight excluding hydrogens is 312 g/mol. The van der Waals surface area contributed by atoms with E-state index in [0.717, 1.165) is 27.0 Å². The quantitative estimate of drug-likeness (QED) is 0.675. The largest absolute Gasteiger partial charge is 0.431 e. The molecule has 0 amide bonds. The van der Waals surface area contributed by atoms with Gasteiger partial charge in [0.2, 0.25) is 0 Å². The summed E-state index contributed by atoms with van der Waals surface area (Å²) >= 11 is 4.91. The molecule has 0 aliphatic carbocycles. The van der Waals surface area contributed by atoms with Crippen LogP contribution < -0.4 is 0 Å². The third-order valence-electron chi connectivity index (χ3n) is 2.41. The number of nitrogens with zero attached hydrogens (tertiary/aromatic N) is 2. The summed E-state index contributed by atoms with van der Waals surface area (Å²) in [6.07, 6.45) is 1.79. The van der Waals surface area contributed by atoms with Gasteiger partial charge in [-0.3, -0.25) is 4.98 Å². The maximum absolute atomic E-state index is 5.63. The standard InChI is InChI=1S/C13H9BrN2OS/c14-9-5-6-10(15-7-9)8-18-13-16-11-3-1-2-4-12(11)17-13/h1-7H,8H2. The van der Waals surface area contributed by atoms with Crippen LogP contribution in [0.5, 0.6) is 0 Å². The number of rotatable bonds is 3. The van der Waals surface area contributed by atoms with Gasteiger partial charge < -0.3 is 4.42 Å². The van der Waals surface area contributed by atoms with Crippen molar-refractivity contribution in [3.8, 4) is 0 Å². The fourth-order valence-corrected chi connectivity index (χ4v) is 2.53. The average molecular weight is 321 g/mol. The Bertz CT molecular complexity index is 633. The first-order valence-corrected chi connectivity index (χ1v) is 7.18. The zero-order chi connectivity index (χ0) is 12.4. The highest BCUT2D eigenvalue weighted by Gasteiger charge is 2.06. The smallest absolute Gasteiger partial charge is 0.257 e. The Kier molecular flexibility index (Phi) is 3.34. The molecule has 0 saturated heterocycles. The van der Waals surface area contributed by atoms with Gasteiger partial charge in [0.05, 0.1) is 5.69 Å². The number of fused-ring (bicyclic) bond motifs is 1. The van der Waals surface area contributed by atoms with Gasteiger partial charge in [-0.1, -0.05) is 23.9 Å². The second-order valence-corrected chi connectivity index (χ2v) is 5.55. The van der Waals surface area contributed by atoms with Gasteiger partial charge in [0, 0.05) is 16.4 Å². The Morgan fingerprint density at radius 1 is 1.17 bits per heavy atom. The van der Waals surface area contributed by atoms with Crippen LogP contribution in [-0.4, -0.2) is 9.97 Å². The van der Waals surface area contributed by atoms with Gasteiger partial charge in [-0.2, -0.15) is 0 Å². The van der Waals surface area contributed by atoms with Crippen molar-refractivity contribution in [1.29, 1.82) is 0 Å². The highest BCUT2D eigenvalue weighted by atomic mass is 79.9. The number of hydrogen-bond acceptors (Lipinski definition) is 4. The van der Waals surface area contributed by atoms with Crippen molar-refractivity contribution < 1.29 is 4.42 Å². The third kappa shape index (κ3) is 2.57. The molecule has 2 aromatic heterocycles. The number of thioether (sulfide) groups is 1. The minimum atomic E-state index is 0.681. The molecule has 0 aliphatic heterocycles. The first-order chi connectivity index (χ1) is 8.81.